The van der Waals surface area contributed by atoms with Crippen LogP contribution in [-0.4, -0.2) is 23.3 Å². The average Bonchev–Trinajstić information content (AvgIpc) is 2.26. The van der Waals surface area contributed by atoms with Gasteiger partial charge in [-0.2, -0.15) is 0 Å². The molecule has 1 rings (SSSR count). The molecule has 0 fully saturated rings. The molecule has 0 aromatic carbocycles. The number of aliphatic hydroxyl groups is 1. The number of carbonyl (C=O) groups is 2. The van der Waals surface area contributed by atoms with Crippen LogP contribution in [0.2, 0.25) is 0 Å². The molecule has 0 aromatic rings. The van der Waals surface area contributed by atoms with Gasteiger partial charge in [0.25, 0.3) is 0 Å². The van der Waals surface area contributed by atoms with E-state index in [1.54, 1.807) is 0 Å². The zero-order valence-corrected chi connectivity index (χ0v) is 7.84. The van der Waals surface area contributed by atoms with Crippen molar-refractivity contribution in [1.29, 1.82) is 0 Å². The van der Waals surface area contributed by atoms with Crippen molar-refractivity contribution in [3.63, 3.8) is 0 Å². The summed E-state index contributed by atoms with van der Waals surface area (Å²) in [6.45, 7) is 3.12. The van der Waals surface area contributed by atoms with Crippen molar-refractivity contribution in [3.05, 3.63) is 24.5 Å². The van der Waals surface area contributed by atoms with E-state index in [1.165, 1.54) is 0 Å². The van der Waals surface area contributed by atoms with Crippen LogP contribution in [0.25, 0.3) is 0 Å². The molecule has 1 aliphatic rings. The van der Waals surface area contributed by atoms with Gasteiger partial charge in [-0.3, -0.25) is 0 Å². The molecule has 0 bridgehead atoms. The van der Waals surface area contributed by atoms with Gasteiger partial charge in [-0.1, -0.05) is 6.58 Å². The van der Waals surface area contributed by atoms with Crippen LogP contribution in [0.4, 0.5) is 0 Å². The highest BCUT2D eigenvalue weighted by atomic mass is 17.2. The largest absolute Gasteiger partial charge is 0.472 e. The molecule has 1 atom stereocenters. The molecule has 1 aliphatic heterocycles. The fourth-order valence-electron chi connectivity index (χ4n) is 0.883. The Morgan fingerprint density at radius 1 is 1.60 bits per heavy atom. The SMILES string of the molecule is C=CC(=O)OOC(=O)C1=COC(O)CC1. The molecule has 0 saturated carbocycles. The van der Waals surface area contributed by atoms with Crippen LogP contribution in [0, 0.1) is 0 Å². The minimum Gasteiger partial charge on any atom is -0.472 e. The van der Waals surface area contributed by atoms with Crippen molar-refractivity contribution in [1.82, 2.24) is 0 Å². The van der Waals surface area contributed by atoms with Gasteiger partial charge >= 0.3 is 11.9 Å². The van der Waals surface area contributed by atoms with Crippen LogP contribution < -0.4 is 0 Å². The molecular weight excluding hydrogens is 204 g/mol. The number of ether oxygens (including phenoxy) is 1. The Hall–Kier alpha value is -1.82. The molecule has 6 heteroatoms. The zero-order chi connectivity index (χ0) is 11.3. The van der Waals surface area contributed by atoms with Gasteiger partial charge in [-0.15, -0.1) is 0 Å². The first-order chi connectivity index (χ1) is 7.13. The maximum Gasteiger partial charge on any atom is 0.385 e. The molecule has 1 unspecified atom stereocenters. The number of hydrogen-bond donors (Lipinski definition) is 1. The molecule has 0 aromatic heterocycles. The van der Waals surface area contributed by atoms with Crippen LogP contribution in [-0.2, 0) is 24.1 Å². The first-order valence-electron chi connectivity index (χ1n) is 4.21. The quantitative estimate of drug-likeness (QED) is 0.401. The van der Waals surface area contributed by atoms with Gasteiger partial charge in [-0.25, -0.2) is 19.4 Å². The van der Waals surface area contributed by atoms with Crippen molar-refractivity contribution in [2.75, 3.05) is 0 Å². The molecular formula is C9H10O6. The molecule has 0 aliphatic carbocycles. The van der Waals surface area contributed by atoms with Crippen LogP contribution in [0.1, 0.15) is 12.8 Å². The molecule has 0 radical (unpaired) electrons. The van der Waals surface area contributed by atoms with Crippen molar-refractivity contribution in [3.8, 4) is 0 Å². The van der Waals surface area contributed by atoms with E-state index in [0.717, 1.165) is 12.3 Å². The van der Waals surface area contributed by atoms with Gasteiger partial charge < -0.3 is 9.84 Å². The molecule has 1 N–H and O–H groups in total. The summed E-state index contributed by atoms with van der Waals surface area (Å²) < 4.78 is 4.68. The lowest BCUT2D eigenvalue weighted by molar-refractivity contribution is -0.252. The second-order valence-electron chi connectivity index (χ2n) is 2.75. The van der Waals surface area contributed by atoms with E-state index in [1.807, 2.05) is 0 Å². The van der Waals surface area contributed by atoms with Crippen LogP contribution in [0.3, 0.4) is 0 Å². The van der Waals surface area contributed by atoms with Crippen LogP contribution in [0.15, 0.2) is 24.5 Å². The first kappa shape index (κ1) is 11.3. The lowest BCUT2D eigenvalue weighted by atomic mass is 10.1. The predicted molar refractivity (Wildman–Crippen MR) is 46.8 cm³/mol. The Bertz CT molecular complexity index is 306. The number of rotatable bonds is 2. The molecule has 82 valence electrons. The molecule has 6 nitrogen and oxygen atoms in total. The van der Waals surface area contributed by atoms with E-state index >= 15 is 0 Å². The smallest absolute Gasteiger partial charge is 0.385 e. The van der Waals surface area contributed by atoms with Gasteiger partial charge in [-0.05, 0) is 6.42 Å². The van der Waals surface area contributed by atoms with Crippen molar-refractivity contribution >= 4 is 11.9 Å². The summed E-state index contributed by atoms with van der Waals surface area (Å²) in [5.41, 5.74) is 0.192. The third kappa shape index (κ3) is 3.43. The van der Waals surface area contributed by atoms with Gasteiger partial charge in [0.15, 0.2) is 6.29 Å². The van der Waals surface area contributed by atoms with E-state index in [-0.39, 0.29) is 12.0 Å². The summed E-state index contributed by atoms with van der Waals surface area (Å²) in [6.07, 6.45) is 1.63. The lowest BCUT2D eigenvalue weighted by Crippen LogP contribution is -2.19. The first-order valence-corrected chi connectivity index (χ1v) is 4.21. The van der Waals surface area contributed by atoms with E-state index in [9.17, 15) is 9.59 Å². The van der Waals surface area contributed by atoms with E-state index < -0.39 is 18.2 Å². The third-order valence-corrected chi connectivity index (χ3v) is 1.66. The summed E-state index contributed by atoms with van der Waals surface area (Å²) in [6, 6.07) is 0. The van der Waals surface area contributed by atoms with Crippen LogP contribution >= 0.6 is 0 Å². The standard InChI is InChI=1S/C9H10O6/c1-2-7(10)14-15-9(12)6-3-4-8(11)13-5-6/h2,5,8,11H,1,3-4H2. The third-order valence-electron chi connectivity index (χ3n) is 1.66. The summed E-state index contributed by atoms with van der Waals surface area (Å²) in [5.74, 6) is -1.68. The second-order valence-corrected chi connectivity index (χ2v) is 2.75. The maximum atomic E-state index is 11.2. The fraction of sp³-hybridized carbons (Fsp3) is 0.333. The fourth-order valence-corrected chi connectivity index (χ4v) is 0.883. The predicted octanol–water partition coefficient (Wildman–Crippen LogP) is 0.186. The van der Waals surface area contributed by atoms with Crippen LogP contribution in [0.5, 0.6) is 0 Å². The van der Waals surface area contributed by atoms with Crippen molar-refractivity contribution in [2.45, 2.75) is 19.1 Å². The lowest BCUT2D eigenvalue weighted by Gasteiger charge is -2.16. The van der Waals surface area contributed by atoms with Gasteiger partial charge in [0.1, 0.15) is 0 Å². The Morgan fingerprint density at radius 3 is 2.87 bits per heavy atom. The Balaban J connectivity index is 2.40. The zero-order valence-electron chi connectivity index (χ0n) is 7.84. The molecule has 0 amide bonds. The minimum absolute atomic E-state index is 0.192. The van der Waals surface area contributed by atoms with Crippen molar-refractivity contribution in [2.24, 2.45) is 0 Å². The topological polar surface area (TPSA) is 82.1 Å². The number of aliphatic hydroxyl groups excluding tert-OH is 1. The highest BCUT2D eigenvalue weighted by molar-refractivity contribution is 5.89. The summed E-state index contributed by atoms with van der Waals surface area (Å²) in [7, 11) is 0. The second kappa shape index (κ2) is 5.16. The van der Waals surface area contributed by atoms with Crippen molar-refractivity contribution < 1.29 is 29.2 Å². The monoisotopic (exact) mass is 214 g/mol. The maximum absolute atomic E-state index is 11.2. The summed E-state index contributed by atoms with van der Waals surface area (Å²) >= 11 is 0. The summed E-state index contributed by atoms with van der Waals surface area (Å²) in [4.78, 5) is 30.0. The van der Waals surface area contributed by atoms with E-state index in [4.69, 9.17) is 5.11 Å². The Labute approximate surface area is 85.7 Å². The molecule has 1 heterocycles. The molecule has 15 heavy (non-hydrogen) atoms. The normalized spacial score (nSPS) is 19.5. The minimum atomic E-state index is -0.905. The van der Waals surface area contributed by atoms with Gasteiger partial charge in [0.2, 0.25) is 0 Å². The number of hydrogen-bond acceptors (Lipinski definition) is 6. The van der Waals surface area contributed by atoms with Gasteiger partial charge in [0, 0.05) is 12.5 Å². The average molecular weight is 214 g/mol. The van der Waals surface area contributed by atoms with E-state index in [2.05, 4.69) is 21.1 Å². The molecule has 0 spiro atoms. The molecule has 0 saturated heterocycles. The Kier molecular flexibility index (Phi) is 3.87. The highest BCUT2D eigenvalue weighted by Crippen LogP contribution is 2.16. The Morgan fingerprint density at radius 2 is 2.33 bits per heavy atom. The van der Waals surface area contributed by atoms with E-state index in [0.29, 0.717) is 6.42 Å². The number of carbonyl (C=O) groups excluding carboxylic acids is 2. The summed E-state index contributed by atoms with van der Waals surface area (Å²) in [5, 5.41) is 8.95. The highest BCUT2D eigenvalue weighted by Gasteiger charge is 2.20. The van der Waals surface area contributed by atoms with Gasteiger partial charge in [0.05, 0.1) is 11.8 Å².